The van der Waals surface area contributed by atoms with Crippen LogP contribution in [0, 0.1) is 6.92 Å². The topological polar surface area (TPSA) is 63.9 Å². The van der Waals surface area contributed by atoms with E-state index in [0.29, 0.717) is 13.2 Å². The van der Waals surface area contributed by atoms with Crippen LogP contribution < -0.4 is 19.7 Å². The van der Waals surface area contributed by atoms with Crippen LogP contribution in [0.1, 0.15) is 31.9 Å². The molecule has 4 aromatic rings. The largest absolute Gasteiger partial charge is 0.494 e. The van der Waals surface area contributed by atoms with Crippen LogP contribution >= 0.6 is 0 Å². The van der Waals surface area contributed by atoms with Gasteiger partial charge >= 0.3 is 0 Å². The summed E-state index contributed by atoms with van der Waals surface area (Å²) in [5.74, 6) is 1.35. The minimum absolute atomic E-state index is 0.200. The van der Waals surface area contributed by atoms with Crippen molar-refractivity contribution in [3.8, 4) is 22.6 Å². The third-order valence-electron chi connectivity index (χ3n) is 6.23. The van der Waals surface area contributed by atoms with Crippen molar-refractivity contribution in [3.05, 3.63) is 78.1 Å². The fourth-order valence-electron chi connectivity index (χ4n) is 4.36. The lowest BCUT2D eigenvalue weighted by Gasteiger charge is -2.15. The Labute approximate surface area is 218 Å². The van der Waals surface area contributed by atoms with E-state index in [9.17, 15) is 4.79 Å². The predicted octanol–water partition coefficient (Wildman–Crippen LogP) is 7.31. The lowest BCUT2D eigenvalue weighted by atomic mass is 9.96. The Morgan fingerprint density at radius 1 is 1.00 bits per heavy atom. The zero-order valence-electron chi connectivity index (χ0n) is 22.3. The second kappa shape index (κ2) is 11.2. The molecule has 0 aliphatic carbocycles. The number of nitrogens with one attached hydrogen (secondary N) is 1. The summed E-state index contributed by atoms with van der Waals surface area (Å²) in [7, 11) is 3.96. The number of rotatable bonds is 9. The molecule has 0 fully saturated rings. The monoisotopic (exact) mass is 498 g/mol. The zero-order valence-corrected chi connectivity index (χ0v) is 22.3. The van der Waals surface area contributed by atoms with Gasteiger partial charge in [0.1, 0.15) is 17.1 Å². The van der Waals surface area contributed by atoms with Gasteiger partial charge in [-0.25, -0.2) is 0 Å². The molecule has 6 heteroatoms. The second-order valence-corrected chi connectivity index (χ2v) is 9.05. The van der Waals surface area contributed by atoms with Crippen molar-refractivity contribution in [2.45, 2.75) is 27.7 Å². The van der Waals surface area contributed by atoms with Gasteiger partial charge < -0.3 is 24.1 Å². The van der Waals surface area contributed by atoms with Crippen LogP contribution in [0.3, 0.4) is 0 Å². The minimum atomic E-state index is -0.200. The van der Waals surface area contributed by atoms with E-state index in [4.69, 9.17) is 13.9 Å². The molecule has 1 heterocycles. The van der Waals surface area contributed by atoms with Crippen LogP contribution in [0.15, 0.2) is 71.4 Å². The number of furan rings is 1. The van der Waals surface area contributed by atoms with Crippen LogP contribution in [0.5, 0.6) is 11.5 Å². The smallest absolute Gasteiger partial charge is 0.248 e. The Morgan fingerprint density at radius 3 is 2.30 bits per heavy atom. The summed E-state index contributed by atoms with van der Waals surface area (Å²) in [6, 6.07) is 17.8. The van der Waals surface area contributed by atoms with E-state index in [-0.39, 0.29) is 5.91 Å². The Hall–Kier alpha value is -4.19. The Kier molecular flexibility index (Phi) is 7.87. The molecule has 0 atom stereocenters. The molecule has 0 aliphatic heterocycles. The SMILES string of the molecule is CCOc1ccc(-c2coc3c(C)c(OCC)c(/C(C)=C/C(=O)Nc4ccc(N(C)C)cc4)cc23)cc1. The molecule has 4 rings (SSSR count). The van der Waals surface area contributed by atoms with Gasteiger partial charge in [0.05, 0.1) is 19.5 Å². The molecule has 0 saturated carbocycles. The summed E-state index contributed by atoms with van der Waals surface area (Å²) < 4.78 is 17.6. The van der Waals surface area contributed by atoms with Crippen LogP contribution in [-0.2, 0) is 4.79 Å². The zero-order chi connectivity index (χ0) is 26.5. The molecular weight excluding hydrogens is 464 g/mol. The fraction of sp³-hybridized carbons (Fsp3) is 0.258. The molecule has 0 unspecified atom stereocenters. The maximum atomic E-state index is 12.9. The normalized spacial score (nSPS) is 11.5. The van der Waals surface area contributed by atoms with E-state index in [0.717, 1.165) is 61.7 Å². The fourth-order valence-corrected chi connectivity index (χ4v) is 4.36. The first-order valence-electron chi connectivity index (χ1n) is 12.5. The Morgan fingerprint density at radius 2 is 1.68 bits per heavy atom. The molecule has 37 heavy (non-hydrogen) atoms. The molecule has 1 amide bonds. The van der Waals surface area contributed by atoms with E-state index in [1.807, 2.05) is 101 Å². The highest BCUT2D eigenvalue weighted by atomic mass is 16.5. The summed E-state index contributed by atoms with van der Waals surface area (Å²) in [4.78, 5) is 14.9. The van der Waals surface area contributed by atoms with E-state index in [1.165, 1.54) is 0 Å². The second-order valence-electron chi connectivity index (χ2n) is 9.05. The number of hydrogen-bond donors (Lipinski definition) is 1. The Balaban J connectivity index is 1.70. The van der Waals surface area contributed by atoms with Crippen molar-refractivity contribution in [1.29, 1.82) is 0 Å². The molecule has 3 aromatic carbocycles. The minimum Gasteiger partial charge on any atom is -0.494 e. The third kappa shape index (κ3) is 5.64. The maximum absolute atomic E-state index is 12.9. The van der Waals surface area contributed by atoms with Gasteiger partial charge in [0.25, 0.3) is 0 Å². The predicted molar refractivity (Wildman–Crippen MR) is 152 cm³/mol. The van der Waals surface area contributed by atoms with Gasteiger partial charge in [-0.15, -0.1) is 0 Å². The first kappa shape index (κ1) is 25.9. The number of allylic oxidation sites excluding steroid dienone is 1. The van der Waals surface area contributed by atoms with Gasteiger partial charge in [-0.2, -0.15) is 0 Å². The number of fused-ring (bicyclic) bond motifs is 1. The molecule has 0 saturated heterocycles. The summed E-state index contributed by atoms with van der Waals surface area (Å²) in [5.41, 5.74) is 7.14. The van der Waals surface area contributed by atoms with E-state index in [1.54, 1.807) is 12.3 Å². The van der Waals surface area contributed by atoms with Gasteiger partial charge in [0.2, 0.25) is 5.91 Å². The van der Waals surface area contributed by atoms with Crippen molar-refractivity contribution in [2.24, 2.45) is 0 Å². The molecule has 1 aromatic heterocycles. The van der Waals surface area contributed by atoms with Crippen LogP contribution in [0.2, 0.25) is 0 Å². The van der Waals surface area contributed by atoms with E-state index in [2.05, 4.69) is 5.32 Å². The van der Waals surface area contributed by atoms with Crippen molar-refractivity contribution in [1.82, 2.24) is 0 Å². The number of anilines is 2. The summed E-state index contributed by atoms with van der Waals surface area (Å²) >= 11 is 0. The molecule has 0 radical (unpaired) electrons. The highest BCUT2D eigenvalue weighted by Gasteiger charge is 2.19. The first-order chi connectivity index (χ1) is 17.8. The lowest BCUT2D eigenvalue weighted by Crippen LogP contribution is -2.10. The number of benzene rings is 3. The molecular formula is C31H34N2O4. The van der Waals surface area contributed by atoms with Crippen LogP contribution in [0.25, 0.3) is 27.7 Å². The Bertz CT molecular complexity index is 1410. The average Bonchev–Trinajstić information content (AvgIpc) is 3.31. The molecule has 0 aliphatic rings. The molecule has 192 valence electrons. The summed E-state index contributed by atoms with van der Waals surface area (Å²) in [5, 5.41) is 3.92. The van der Waals surface area contributed by atoms with Gasteiger partial charge in [-0.3, -0.25) is 4.79 Å². The van der Waals surface area contributed by atoms with Crippen molar-refractivity contribution in [3.63, 3.8) is 0 Å². The first-order valence-corrected chi connectivity index (χ1v) is 12.5. The van der Waals surface area contributed by atoms with Crippen molar-refractivity contribution >= 4 is 33.8 Å². The molecule has 1 N–H and O–H groups in total. The number of carbonyl (C=O) groups is 1. The van der Waals surface area contributed by atoms with E-state index < -0.39 is 0 Å². The van der Waals surface area contributed by atoms with Crippen molar-refractivity contribution < 1.29 is 18.7 Å². The number of ether oxygens (including phenoxy) is 2. The van der Waals surface area contributed by atoms with Gasteiger partial charge in [0.15, 0.2) is 0 Å². The number of nitrogens with zero attached hydrogens (tertiary/aromatic N) is 1. The highest BCUT2D eigenvalue weighted by molar-refractivity contribution is 6.06. The van der Waals surface area contributed by atoms with E-state index >= 15 is 0 Å². The maximum Gasteiger partial charge on any atom is 0.248 e. The van der Waals surface area contributed by atoms with Crippen molar-refractivity contribution in [2.75, 3.05) is 37.5 Å². The number of aryl methyl sites for hydroxylation is 1. The summed E-state index contributed by atoms with van der Waals surface area (Å²) in [6.07, 6.45) is 3.38. The summed E-state index contributed by atoms with van der Waals surface area (Å²) in [6.45, 7) is 8.95. The number of carbonyl (C=O) groups excluding carboxylic acids is 1. The van der Waals surface area contributed by atoms with Gasteiger partial charge in [-0.05, 0) is 81.3 Å². The molecule has 0 spiro atoms. The highest BCUT2D eigenvalue weighted by Crippen LogP contribution is 2.41. The average molecular weight is 499 g/mol. The quantitative estimate of drug-likeness (QED) is 0.245. The molecule has 0 bridgehead atoms. The number of amides is 1. The van der Waals surface area contributed by atoms with Gasteiger partial charge in [-0.1, -0.05) is 12.1 Å². The van der Waals surface area contributed by atoms with Gasteiger partial charge in [0, 0.05) is 53.6 Å². The van der Waals surface area contributed by atoms with Crippen LogP contribution in [-0.4, -0.2) is 33.2 Å². The standard InChI is InChI=1S/C31H34N2O4/c1-7-35-25-15-9-22(10-16-25)28-19-37-31-21(4)30(36-8-2)26(18-27(28)31)20(3)17-29(34)32-23-11-13-24(14-12-23)33(5)6/h9-19H,7-8H2,1-6H3,(H,32,34)/b20-17+. The third-order valence-corrected chi connectivity index (χ3v) is 6.23. The number of hydrogen-bond acceptors (Lipinski definition) is 5. The van der Waals surface area contributed by atoms with Crippen LogP contribution in [0.4, 0.5) is 11.4 Å². The lowest BCUT2D eigenvalue weighted by molar-refractivity contribution is -0.111. The molecule has 6 nitrogen and oxygen atoms in total.